The zero-order chi connectivity index (χ0) is 29.4. The largest absolute Gasteiger partial charge is 0.497 e. The highest BCUT2D eigenvalue weighted by Gasteiger charge is 2.34. The van der Waals surface area contributed by atoms with E-state index in [4.69, 9.17) is 33.2 Å². The minimum absolute atomic E-state index is 0.168. The number of hydrogen-bond donors (Lipinski definition) is 0. The lowest BCUT2D eigenvalue weighted by molar-refractivity contribution is 0.0588. The average Bonchev–Trinajstić information content (AvgIpc) is 3.00. The molecule has 4 rings (SSSR count). The number of amides is 1. The summed E-state index contributed by atoms with van der Waals surface area (Å²) in [5.41, 5.74) is 2.46. The summed E-state index contributed by atoms with van der Waals surface area (Å²) in [5, 5.41) is 0. The van der Waals surface area contributed by atoms with E-state index in [-0.39, 0.29) is 12.5 Å². The van der Waals surface area contributed by atoms with Crippen molar-refractivity contribution in [2.45, 2.75) is 33.2 Å². The van der Waals surface area contributed by atoms with Crippen molar-refractivity contribution >= 4 is 5.91 Å². The number of rotatable bonds is 13. The van der Waals surface area contributed by atoms with Gasteiger partial charge in [-0.05, 0) is 86.8 Å². The smallest absolute Gasteiger partial charge is 0.254 e. The summed E-state index contributed by atoms with van der Waals surface area (Å²) < 4.78 is 40.3. The van der Waals surface area contributed by atoms with E-state index in [0.29, 0.717) is 72.8 Å². The predicted octanol–water partition coefficient (Wildman–Crippen LogP) is 5.73. The first-order valence-corrected chi connectivity index (χ1v) is 13.9. The van der Waals surface area contributed by atoms with Crippen LogP contribution < -0.4 is 33.2 Å². The van der Waals surface area contributed by atoms with Gasteiger partial charge in [0.1, 0.15) is 18.1 Å². The van der Waals surface area contributed by atoms with Crippen LogP contribution in [0.25, 0.3) is 0 Å². The van der Waals surface area contributed by atoms with E-state index in [0.717, 1.165) is 16.9 Å². The molecule has 9 heteroatoms. The Kier molecular flexibility index (Phi) is 10.1. The van der Waals surface area contributed by atoms with E-state index in [1.54, 1.807) is 33.5 Å². The molecule has 220 valence electrons. The molecule has 1 amide bonds. The summed E-state index contributed by atoms with van der Waals surface area (Å²) >= 11 is 0. The highest BCUT2D eigenvalue weighted by atomic mass is 16.5. The van der Waals surface area contributed by atoms with E-state index >= 15 is 0 Å². The van der Waals surface area contributed by atoms with Crippen molar-refractivity contribution in [3.8, 4) is 40.2 Å². The van der Waals surface area contributed by atoms with E-state index in [9.17, 15) is 4.79 Å². The van der Waals surface area contributed by atoms with Crippen LogP contribution in [-0.2, 0) is 6.42 Å². The molecule has 0 spiro atoms. The minimum atomic E-state index is -0.397. The number of nitrogens with zero attached hydrogens (tertiary/aromatic N) is 1. The van der Waals surface area contributed by atoms with Gasteiger partial charge >= 0.3 is 0 Å². The molecule has 0 bridgehead atoms. The summed E-state index contributed by atoms with van der Waals surface area (Å²) in [6.45, 7) is 7.66. The molecule has 0 aliphatic carbocycles. The van der Waals surface area contributed by atoms with Crippen LogP contribution in [0.1, 0.15) is 48.3 Å². The Morgan fingerprint density at radius 3 is 1.88 bits per heavy atom. The van der Waals surface area contributed by atoms with Gasteiger partial charge < -0.3 is 38.1 Å². The van der Waals surface area contributed by atoms with E-state index in [1.807, 2.05) is 62.1 Å². The zero-order valence-corrected chi connectivity index (χ0v) is 24.7. The Morgan fingerprint density at radius 1 is 0.732 bits per heavy atom. The number of hydrogen-bond acceptors (Lipinski definition) is 8. The Morgan fingerprint density at radius 2 is 1.32 bits per heavy atom. The van der Waals surface area contributed by atoms with Crippen molar-refractivity contribution < 1.29 is 38.0 Å². The third kappa shape index (κ3) is 6.56. The Hall–Kier alpha value is -4.27. The van der Waals surface area contributed by atoms with Gasteiger partial charge in [0.05, 0.1) is 47.2 Å². The molecule has 3 aromatic rings. The number of methoxy groups -OCH3 is 3. The molecule has 9 nitrogen and oxygen atoms in total. The molecule has 0 N–H and O–H groups in total. The Bertz CT molecular complexity index is 1300. The summed E-state index contributed by atoms with van der Waals surface area (Å²) in [5.74, 6) is 3.91. The third-order valence-electron chi connectivity index (χ3n) is 6.89. The van der Waals surface area contributed by atoms with Gasteiger partial charge in [0, 0.05) is 12.1 Å². The third-order valence-corrected chi connectivity index (χ3v) is 6.89. The topological polar surface area (TPSA) is 84.9 Å². The molecular formula is C32H39NO8. The molecular weight excluding hydrogens is 526 g/mol. The maximum atomic E-state index is 14.2. The molecule has 0 aromatic heterocycles. The fraction of sp³-hybridized carbons (Fsp3) is 0.406. The predicted molar refractivity (Wildman–Crippen MR) is 155 cm³/mol. The molecule has 0 radical (unpaired) electrons. The number of benzene rings is 3. The van der Waals surface area contributed by atoms with Crippen LogP contribution in [0.3, 0.4) is 0 Å². The second-order valence-corrected chi connectivity index (χ2v) is 9.26. The number of ether oxygens (including phenoxy) is 7. The summed E-state index contributed by atoms with van der Waals surface area (Å²) in [7, 11) is 4.84. The second-order valence-electron chi connectivity index (χ2n) is 9.26. The van der Waals surface area contributed by atoms with Crippen molar-refractivity contribution in [3.05, 3.63) is 65.2 Å². The summed E-state index contributed by atoms with van der Waals surface area (Å²) in [6, 6.07) is 14.3. The maximum Gasteiger partial charge on any atom is 0.254 e. The lowest BCUT2D eigenvalue weighted by Crippen LogP contribution is -2.42. The van der Waals surface area contributed by atoms with E-state index < -0.39 is 6.04 Å². The van der Waals surface area contributed by atoms with Crippen molar-refractivity contribution in [3.63, 3.8) is 0 Å². The average molecular weight is 566 g/mol. The fourth-order valence-electron chi connectivity index (χ4n) is 4.98. The van der Waals surface area contributed by atoms with Gasteiger partial charge in [-0.15, -0.1) is 0 Å². The first kappa shape index (κ1) is 29.7. The molecule has 0 saturated carbocycles. The molecule has 1 aliphatic rings. The zero-order valence-electron chi connectivity index (χ0n) is 24.7. The Balaban J connectivity index is 1.74. The molecule has 41 heavy (non-hydrogen) atoms. The highest BCUT2D eigenvalue weighted by molar-refractivity contribution is 5.96. The van der Waals surface area contributed by atoms with Crippen molar-refractivity contribution in [1.82, 2.24) is 4.90 Å². The van der Waals surface area contributed by atoms with Crippen LogP contribution in [-0.4, -0.2) is 65.1 Å². The molecule has 0 saturated heterocycles. The highest BCUT2D eigenvalue weighted by Crippen LogP contribution is 2.42. The van der Waals surface area contributed by atoms with Crippen molar-refractivity contribution in [2.24, 2.45) is 0 Å². The molecule has 0 fully saturated rings. The Labute approximate surface area is 241 Å². The summed E-state index contributed by atoms with van der Waals surface area (Å²) in [6.07, 6.45) is 0.647. The maximum absolute atomic E-state index is 14.2. The normalized spacial score (nSPS) is 14.1. The van der Waals surface area contributed by atoms with Crippen LogP contribution >= 0.6 is 0 Å². The quantitative estimate of drug-likeness (QED) is 0.260. The fourth-order valence-corrected chi connectivity index (χ4v) is 4.98. The SMILES string of the molecule is CCOc1cc(C(=O)N2CCc3cc(OC)c(OC)cc3C2COc2ccc(OC)cc2)cc(OCC)c1OCC. The monoisotopic (exact) mass is 565 g/mol. The second kappa shape index (κ2) is 13.9. The lowest BCUT2D eigenvalue weighted by atomic mass is 9.91. The minimum Gasteiger partial charge on any atom is -0.497 e. The molecule has 3 aromatic carbocycles. The van der Waals surface area contributed by atoms with Gasteiger partial charge in [0.15, 0.2) is 23.0 Å². The van der Waals surface area contributed by atoms with Crippen LogP contribution in [0.15, 0.2) is 48.5 Å². The van der Waals surface area contributed by atoms with Crippen LogP contribution in [0, 0.1) is 0 Å². The molecule has 1 unspecified atom stereocenters. The lowest BCUT2D eigenvalue weighted by Gasteiger charge is -2.38. The summed E-state index contributed by atoms with van der Waals surface area (Å²) in [4.78, 5) is 16.1. The number of carbonyl (C=O) groups is 1. The van der Waals surface area contributed by atoms with E-state index in [2.05, 4.69) is 0 Å². The standard InChI is InChI=1S/C32H39NO8/c1-7-38-29-17-22(18-30(39-8-2)31(29)40-9-3)32(34)33-15-14-21-16-27(36-5)28(37-6)19-25(21)26(33)20-41-24-12-10-23(35-4)11-13-24/h10-13,16-19,26H,7-9,14-15,20H2,1-6H3. The van der Waals surface area contributed by atoms with Gasteiger partial charge in [-0.25, -0.2) is 0 Å². The van der Waals surface area contributed by atoms with Gasteiger partial charge in [-0.1, -0.05) is 0 Å². The van der Waals surface area contributed by atoms with Crippen LogP contribution in [0.4, 0.5) is 0 Å². The molecule has 1 heterocycles. The number of carbonyl (C=O) groups excluding carboxylic acids is 1. The van der Waals surface area contributed by atoms with Crippen molar-refractivity contribution in [1.29, 1.82) is 0 Å². The first-order chi connectivity index (χ1) is 20.0. The van der Waals surface area contributed by atoms with Crippen LogP contribution in [0.5, 0.6) is 40.2 Å². The first-order valence-electron chi connectivity index (χ1n) is 13.9. The van der Waals surface area contributed by atoms with E-state index in [1.165, 1.54) is 0 Å². The molecule has 1 aliphatic heterocycles. The van der Waals surface area contributed by atoms with Gasteiger partial charge in [0.25, 0.3) is 5.91 Å². The van der Waals surface area contributed by atoms with Gasteiger partial charge in [-0.3, -0.25) is 4.79 Å². The van der Waals surface area contributed by atoms with Crippen LogP contribution in [0.2, 0.25) is 0 Å². The molecule has 1 atom stereocenters. The van der Waals surface area contributed by atoms with Crippen molar-refractivity contribution in [2.75, 3.05) is 54.3 Å². The van der Waals surface area contributed by atoms with Gasteiger partial charge in [0.2, 0.25) is 5.75 Å². The van der Waals surface area contributed by atoms with Gasteiger partial charge in [-0.2, -0.15) is 0 Å². The number of fused-ring (bicyclic) bond motifs is 1.